The zero-order chi connectivity index (χ0) is 27.9. The van der Waals surface area contributed by atoms with Gasteiger partial charge in [-0.05, 0) is 42.2 Å². The number of nitro groups is 1. The molecule has 0 bridgehead atoms. The number of hydrogen-bond donors (Lipinski definition) is 1. The van der Waals surface area contributed by atoms with E-state index < -0.39 is 22.8 Å². The van der Waals surface area contributed by atoms with Crippen LogP contribution in [0, 0.1) is 10.1 Å². The molecule has 0 saturated carbocycles. The number of nitrogens with zero attached hydrogens (tertiary/aromatic N) is 1. The molecule has 0 fully saturated rings. The lowest BCUT2D eigenvalue weighted by Crippen LogP contribution is -2.32. The second-order valence-electron chi connectivity index (χ2n) is 9.00. The molecule has 8 nitrogen and oxygen atoms in total. The topological polar surface area (TPSA) is 108 Å². The van der Waals surface area contributed by atoms with E-state index in [0.29, 0.717) is 17.0 Å². The van der Waals surface area contributed by atoms with Crippen molar-refractivity contribution in [1.82, 2.24) is 5.32 Å². The van der Waals surface area contributed by atoms with Crippen LogP contribution in [-0.2, 0) is 19.1 Å². The van der Waals surface area contributed by atoms with Crippen LogP contribution in [0.5, 0.6) is 0 Å². The molecule has 3 aromatic carbocycles. The van der Waals surface area contributed by atoms with E-state index in [1.54, 1.807) is 19.9 Å². The summed E-state index contributed by atoms with van der Waals surface area (Å²) in [4.78, 5) is 37.6. The third kappa shape index (κ3) is 6.13. The Morgan fingerprint density at radius 1 is 0.897 bits per heavy atom. The number of benzene rings is 3. The van der Waals surface area contributed by atoms with Crippen LogP contribution in [0.4, 0.5) is 5.69 Å². The molecule has 0 aromatic heterocycles. The number of non-ortho nitro benzene ring substituents is 1. The fourth-order valence-corrected chi connectivity index (χ4v) is 4.63. The minimum Gasteiger partial charge on any atom is -0.466 e. The lowest BCUT2D eigenvalue weighted by molar-refractivity contribution is -0.384. The Kier molecular flexibility index (Phi) is 8.36. The molecule has 1 aliphatic rings. The van der Waals surface area contributed by atoms with Gasteiger partial charge in [0.15, 0.2) is 0 Å². The molecular formula is C31H28N2O6. The summed E-state index contributed by atoms with van der Waals surface area (Å²) in [5.41, 5.74) is 4.19. The first-order chi connectivity index (χ1) is 18.8. The van der Waals surface area contributed by atoms with Crippen LogP contribution in [0.15, 0.2) is 107 Å². The highest BCUT2D eigenvalue weighted by Crippen LogP contribution is 2.40. The third-order valence-electron chi connectivity index (χ3n) is 6.44. The molecule has 8 heteroatoms. The van der Waals surface area contributed by atoms with Crippen LogP contribution in [0.1, 0.15) is 36.5 Å². The molecule has 1 heterocycles. The van der Waals surface area contributed by atoms with Crippen molar-refractivity contribution in [1.29, 1.82) is 0 Å². The van der Waals surface area contributed by atoms with Gasteiger partial charge in [0.25, 0.3) is 5.69 Å². The average Bonchev–Trinajstić information content (AvgIpc) is 2.95. The van der Waals surface area contributed by atoms with Crippen molar-refractivity contribution in [2.45, 2.75) is 19.8 Å². The van der Waals surface area contributed by atoms with Crippen LogP contribution < -0.4 is 5.32 Å². The maximum Gasteiger partial charge on any atom is 0.337 e. The van der Waals surface area contributed by atoms with E-state index in [0.717, 1.165) is 16.7 Å². The van der Waals surface area contributed by atoms with Crippen molar-refractivity contribution in [3.8, 4) is 0 Å². The Balaban J connectivity index is 1.72. The summed E-state index contributed by atoms with van der Waals surface area (Å²) in [7, 11) is 1.25. The molecule has 1 unspecified atom stereocenters. The predicted molar refractivity (Wildman–Crippen MR) is 148 cm³/mol. The zero-order valence-electron chi connectivity index (χ0n) is 21.8. The molecule has 1 atom stereocenters. The normalized spacial score (nSPS) is 15.5. The molecule has 39 heavy (non-hydrogen) atoms. The highest BCUT2D eigenvalue weighted by molar-refractivity contribution is 6.00. The molecule has 0 amide bonds. The van der Waals surface area contributed by atoms with Gasteiger partial charge < -0.3 is 14.8 Å². The van der Waals surface area contributed by atoms with E-state index in [1.165, 1.54) is 25.3 Å². The first kappa shape index (κ1) is 27.1. The Hall–Kier alpha value is -4.98. The van der Waals surface area contributed by atoms with Crippen LogP contribution in [0.2, 0.25) is 0 Å². The van der Waals surface area contributed by atoms with Crippen molar-refractivity contribution >= 4 is 29.3 Å². The number of allylic oxidation sites excluding steroid dienone is 2. The highest BCUT2D eigenvalue weighted by Gasteiger charge is 2.38. The van der Waals surface area contributed by atoms with Crippen molar-refractivity contribution in [3.05, 3.63) is 134 Å². The molecule has 198 valence electrons. The monoisotopic (exact) mass is 524 g/mol. The molecule has 3 aromatic rings. The lowest BCUT2D eigenvalue weighted by Gasteiger charge is -2.30. The quantitative estimate of drug-likeness (QED) is 0.172. The van der Waals surface area contributed by atoms with Crippen molar-refractivity contribution in [2.75, 3.05) is 13.7 Å². The largest absolute Gasteiger partial charge is 0.466 e. The van der Waals surface area contributed by atoms with Crippen molar-refractivity contribution in [2.24, 2.45) is 0 Å². The Labute approximate surface area is 226 Å². The smallest absolute Gasteiger partial charge is 0.337 e. The van der Waals surface area contributed by atoms with E-state index in [-0.39, 0.29) is 23.4 Å². The van der Waals surface area contributed by atoms with Gasteiger partial charge in [-0.25, -0.2) is 9.59 Å². The first-order valence-electron chi connectivity index (χ1n) is 12.3. The van der Waals surface area contributed by atoms with Gasteiger partial charge in [-0.1, -0.05) is 72.8 Å². The molecule has 1 N–H and O–H groups in total. The molecule has 0 spiro atoms. The zero-order valence-corrected chi connectivity index (χ0v) is 21.8. The summed E-state index contributed by atoms with van der Waals surface area (Å²) < 4.78 is 10.9. The molecule has 0 aliphatic carbocycles. The lowest BCUT2D eigenvalue weighted by atomic mass is 9.80. The van der Waals surface area contributed by atoms with E-state index in [4.69, 9.17) is 9.47 Å². The Morgan fingerprint density at radius 2 is 1.51 bits per heavy atom. The summed E-state index contributed by atoms with van der Waals surface area (Å²) in [5.74, 6) is -2.23. The van der Waals surface area contributed by atoms with Gasteiger partial charge in [-0.15, -0.1) is 0 Å². The minimum absolute atomic E-state index is 0.0353. The molecule has 4 rings (SSSR count). The van der Waals surface area contributed by atoms with E-state index in [2.05, 4.69) is 5.32 Å². The fourth-order valence-electron chi connectivity index (χ4n) is 4.63. The number of carbonyl (C=O) groups is 2. The number of ether oxygens (including phenoxy) is 2. The summed E-state index contributed by atoms with van der Waals surface area (Å²) in [6, 6.07) is 25.1. The van der Waals surface area contributed by atoms with Crippen LogP contribution in [-0.4, -0.2) is 30.6 Å². The van der Waals surface area contributed by atoms with Crippen LogP contribution in [0.25, 0.3) is 11.6 Å². The van der Waals surface area contributed by atoms with E-state index >= 15 is 0 Å². The van der Waals surface area contributed by atoms with Crippen LogP contribution >= 0.6 is 0 Å². The van der Waals surface area contributed by atoms with Gasteiger partial charge >= 0.3 is 11.9 Å². The van der Waals surface area contributed by atoms with Gasteiger partial charge in [0.05, 0.1) is 29.1 Å². The number of nitrogens with one attached hydrogen (secondary N) is 1. The van der Waals surface area contributed by atoms with Crippen molar-refractivity contribution < 1.29 is 24.0 Å². The maximum atomic E-state index is 13.7. The number of rotatable bonds is 8. The molecular weight excluding hydrogens is 496 g/mol. The highest BCUT2D eigenvalue weighted by atomic mass is 16.6. The number of esters is 2. The summed E-state index contributed by atoms with van der Waals surface area (Å²) in [5, 5.41) is 14.6. The van der Waals surface area contributed by atoms with Gasteiger partial charge in [0, 0.05) is 23.5 Å². The van der Waals surface area contributed by atoms with Gasteiger partial charge in [0.2, 0.25) is 0 Å². The number of nitro benzene ring substituents is 1. The summed E-state index contributed by atoms with van der Waals surface area (Å²) in [6.45, 7) is 3.36. The maximum absolute atomic E-state index is 13.7. The molecule has 0 radical (unpaired) electrons. The fraction of sp³-hybridized carbons (Fsp3) is 0.161. The van der Waals surface area contributed by atoms with Gasteiger partial charge in [0.1, 0.15) is 6.61 Å². The Morgan fingerprint density at radius 3 is 2.13 bits per heavy atom. The third-order valence-corrected chi connectivity index (χ3v) is 6.44. The van der Waals surface area contributed by atoms with Crippen molar-refractivity contribution in [3.63, 3.8) is 0 Å². The van der Waals surface area contributed by atoms with E-state index in [1.807, 2.05) is 66.7 Å². The number of methoxy groups -OCH3 is 1. The second-order valence-corrected chi connectivity index (χ2v) is 9.00. The second kappa shape index (κ2) is 12.0. The first-order valence-corrected chi connectivity index (χ1v) is 12.3. The van der Waals surface area contributed by atoms with E-state index in [9.17, 15) is 19.7 Å². The SMILES string of the molecule is COC(=O)C1=C(C)NC(C)=C(C(=O)OC/C(=C\c2ccccc2)c2ccccc2)C1c1cccc([N+](=O)[O-])c1. The molecule has 0 saturated heterocycles. The van der Waals surface area contributed by atoms with Gasteiger partial charge in [-0.3, -0.25) is 10.1 Å². The van der Waals surface area contributed by atoms with Crippen LogP contribution in [0.3, 0.4) is 0 Å². The van der Waals surface area contributed by atoms with Gasteiger partial charge in [-0.2, -0.15) is 0 Å². The standard InChI is InChI=1S/C31H28N2O6/c1-20-27(30(34)38-3)29(24-15-10-16-26(18-24)33(36)37)28(21(2)32-20)31(35)39-19-25(23-13-8-5-9-14-23)17-22-11-6-4-7-12-22/h4-18,29,32H,19H2,1-3H3/b25-17+. The predicted octanol–water partition coefficient (Wildman–Crippen LogP) is 5.79. The molecule has 1 aliphatic heterocycles. The number of hydrogen-bond acceptors (Lipinski definition) is 7. The summed E-state index contributed by atoms with van der Waals surface area (Å²) >= 11 is 0. The summed E-state index contributed by atoms with van der Waals surface area (Å²) in [6.07, 6.45) is 1.95. The number of carbonyl (C=O) groups excluding carboxylic acids is 2. The number of dihydropyridines is 1. The Bertz CT molecular complexity index is 1490. The average molecular weight is 525 g/mol. The minimum atomic E-state index is -0.927.